The summed E-state index contributed by atoms with van der Waals surface area (Å²) in [7, 11) is 3.43. The summed E-state index contributed by atoms with van der Waals surface area (Å²) in [6, 6.07) is 0. The Kier molecular flexibility index (Phi) is 8.84. The number of hydrogen-bond donors (Lipinski definition) is 1. The maximum Gasteiger partial charge on any atom is 0.0603 e. The minimum atomic E-state index is -0.591. The molecule has 0 aromatic carbocycles. The number of hydrogen-bond acceptors (Lipinski definition) is 4. The van der Waals surface area contributed by atoms with Crippen molar-refractivity contribution in [3.63, 3.8) is 0 Å². The van der Waals surface area contributed by atoms with Crippen molar-refractivity contribution in [2.24, 2.45) is 0 Å². The van der Waals surface area contributed by atoms with Crippen LogP contribution in [0.2, 0.25) is 0 Å². The fourth-order valence-electron chi connectivity index (χ4n) is 1.42. The molecule has 0 rings (SSSR count). The van der Waals surface area contributed by atoms with Crippen molar-refractivity contribution in [2.75, 3.05) is 47.1 Å². The molecule has 0 unspecified atom stereocenters. The number of methoxy groups -OCH3 is 2. The molecule has 4 heteroatoms. The molecule has 0 fully saturated rings. The largest absolute Gasteiger partial charge is 0.390 e. The van der Waals surface area contributed by atoms with E-state index < -0.39 is 5.60 Å². The number of rotatable bonds is 10. The van der Waals surface area contributed by atoms with Crippen LogP contribution in [0.1, 0.15) is 26.7 Å². The molecule has 0 heterocycles. The quantitative estimate of drug-likeness (QED) is 0.574. The van der Waals surface area contributed by atoms with Gasteiger partial charge >= 0.3 is 0 Å². The standard InChI is InChI=1S/C12H27NO3/c1-12(2,14)6-8-13(9-11-16-4)7-5-10-15-3/h14H,5-11H2,1-4H3. The molecule has 98 valence electrons. The van der Waals surface area contributed by atoms with Crippen molar-refractivity contribution in [1.82, 2.24) is 4.90 Å². The highest BCUT2D eigenvalue weighted by atomic mass is 16.5. The lowest BCUT2D eigenvalue weighted by atomic mass is 10.1. The van der Waals surface area contributed by atoms with Crippen molar-refractivity contribution in [1.29, 1.82) is 0 Å². The van der Waals surface area contributed by atoms with Gasteiger partial charge < -0.3 is 19.5 Å². The van der Waals surface area contributed by atoms with Crippen molar-refractivity contribution in [3.05, 3.63) is 0 Å². The van der Waals surface area contributed by atoms with E-state index in [0.29, 0.717) is 0 Å². The van der Waals surface area contributed by atoms with Gasteiger partial charge in [0.25, 0.3) is 0 Å². The molecule has 1 N–H and O–H groups in total. The predicted octanol–water partition coefficient (Wildman–Crippen LogP) is 1.13. The van der Waals surface area contributed by atoms with Gasteiger partial charge in [0.15, 0.2) is 0 Å². The summed E-state index contributed by atoms with van der Waals surface area (Å²) >= 11 is 0. The Bertz CT molecular complexity index is 157. The van der Waals surface area contributed by atoms with E-state index >= 15 is 0 Å². The summed E-state index contributed by atoms with van der Waals surface area (Å²) in [4.78, 5) is 2.31. The second-order valence-electron chi connectivity index (χ2n) is 4.74. The summed E-state index contributed by atoms with van der Waals surface area (Å²) in [5.41, 5.74) is -0.591. The monoisotopic (exact) mass is 233 g/mol. The lowest BCUT2D eigenvalue weighted by Crippen LogP contribution is -2.34. The maximum atomic E-state index is 9.68. The SMILES string of the molecule is COCCCN(CCOC)CCC(C)(C)O. The van der Waals surface area contributed by atoms with E-state index in [1.165, 1.54) is 0 Å². The lowest BCUT2D eigenvalue weighted by Gasteiger charge is -2.25. The Hall–Kier alpha value is -0.160. The normalized spacial score (nSPS) is 12.4. The first-order chi connectivity index (χ1) is 7.49. The molecule has 0 spiro atoms. The van der Waals surface area contributed by atoms with Crippen LogP contribution in [0.3, 0.4) is 0 Å². The topological polar surface area (TPSA) is 41.9 Å². The van der Waals surface area contributed by atoms with E-state index in [-0.39, 0.29) is 0 Å². The van der Waals surface area contributed by atoms with Crippen LogP contribution in [0.25, 0.3) is 0 Å². The van der Waals surface area contributed by atoms with Crippen LogP contribution in [0.5, 0.6) is 0 Å². The second-order valence-corrected chi connectivity index (χ2v) is 4.74. The van der Waals surface area contributed by atoms with E-state index in [4.69, 9.17) is 9.47 Å². The Labute approximate surface area is 99.5 Å². The van der Waals surface area contributed by atoms with E-state index in [1.807, 2.05) is 13.8 Å². The lowest BCUT2D eigenvalue weighted by molar-refractivity contribution is 0.0513. The smallest absolute Gasteiger partial charge is 0.0603 e. The van der Waals surface area contributed by atoms with Crippen LogP contribution in [0, 0.1) is 0 Å². The van der Waals surface area contributed by atoms with E-state index in [0.717, 1.165) is 45.7 Å². The van der Waals surface area contributed by atoms with Gasteiger partial charge in [-0.1, -0.05) is 0 Å². The molecule has 0 amide bonds. The molecule has 0 radical (unpaired) electrons. The van der Waals surface area contributed by atoms with E-state index in [9.17, 15) is 5.11 Å². The number of aliphatic hydroxyl groups is 1. The minimum absolute atomic E-state index is 0.591. The zero-order chi connectivity index (χ0) is 12.4. The molecule has 0 bridgehead atoms. The van der Waals surface area contributed by atoms with Gasteiger partial charge in [-0.15, -0.1) is 0 Å². The van der Waals surface area contributed by atoms with Gasteiger partial charge in [0.2, 0.25) is 0 Å². The molecule has 16 heavy (non-hydrogen) atoms. The molecule has 4 nitrogen and oxygen atoms in total. The van der Waals surface area contributed by atoms with Crippen LogP contribution in [0.15, 0.2) is 0 Å². The molecule has 0 atom stereocenters. The summed E-state index contributed by atoms with van der Waals surface area (Å²) in [6.45, 7) is 8.01. The molecular formula is C12H27NO3. The fourth-order valence-corrected chi connectivity index (χ4v) is 1.42. The van der Waals surface area contributed by atoms with Gasteiger partial charge in [-0.25, -0.2) is 0 Å². The summed E-state index contributed by atoms with van der Waals surface area (Å²) < 4.78 is 10.1. The van der Waals surface area contributed by atoms with Gasteiger partial charge in [-0.3, -0.25) is 0 Å². The second kappa shape index (κ2) is 8.93. The van der Waals surface area contributed by atoms with Crippen LogP contribution < -0.4 is 0 Å². The third kappa shape index (κ3) is 10.4. The third-order valence-corrected chi connectivity index (χ3v) is 2.47. The zero-order valence-electron chi connectivity index (χ0n) is 11.2. The van der Waals surface area contributed by atoms with Gasteiger partial charge in [-0.05, 0) is 26.7 Å². The zero-order valence-corrected chi connectivity index (χ0v) is 11.2. The van der Waals surface area contributed by atoms with Gasteiger partial charge in [0, 0.05) is 40.5 Å². The van der Waals surface area contributed by atoms with Crippen LogP contribution in [-0.4, -0.2) is 62.7 Å². The average Bonchev–Trinajstić information content (AvgIpc) is 2.20. The summed E-state index contributed by atoms with van der Waals surface area (Å²) in [5, 5.41) is 9.68. The molecule has 0 aliphatic heterocycles. The van der Waals surface area contributed by atoms with Crippen molar-refractivity contribution >= 4 is 0 Å². The molecule has 0 aliphatic rings. The Morgan fingerprint density at radius 3 is 2.12 bits per heavy atom. The summed E-state index contributed by atoms with van der Waals surface area (Å²) in [5.74, 6) is 0. The predicted molar refractivity (Wildman–Crippen MR) is 65.7 cm³/mol. The number of nitrogens with zero attached hydrogens (tertiary/aromatic N) is 1. The Balaban J connectivity index is 3.80. The minimum Gasteiger partial charge on any atom is -0.390 e. The first kappa shape index (κ1) is 15.8. The van der Waals surface area contributed by atoms with E-state index in [2.05, 4.69) is 4.90 Å². The molecule has 0 saturated carbocycles. The highest BCUT2D eigenvalue weighted by molar-refractivity contribution is 4.68. The van der Waals surface area contributed by atoms with Crippen LogP contribution >= 0.6 is 0 Å². The molecule has 0 aromatic heterocycles. The van der Waals surface area contributed by atoms with Gasteiger partial charge in [-0.2, -0.15) is 0 Å². The number of ether oxygens (including phenoxy) is 2. The highest BCUT2D eigenvalue weighted by Crippen LogP contribution is 2.08. The molecular weight excluding hydrogens is 206 g/mol. The fraction of sp³-hybridized carbons (Fsp3) is 1.00. The van der Waals surface area contributed by atoms with E-state index in [1.54, 1.807) is 14.2 Å². The summed E-state index contributed by atoms with van der Waals surface area (Å²) in [6.07, 6.45) is 1.80. The van der Waals surface area contributed by atoms with Gasteiger partial charge in [0.1, 0.15) is 0 Å². The van der Waals surface area contributed by atoms with Crippen LogP contribution in [-0.2, 0) is 9.47 Å². The first-order valence-corrected chi connectivity index (χ1v) is 5.92. The molecule has 0 saturated heterocycles. The Morgan fingerprint density at radius 2 is 1.62 bits per heavy atom. The van der Waals surface area contributed by atoms with Crippen molar-refractivity contribution in [2.45, 2.75) is 32.3 Å². The molecule has 0 aliphatic carbocycles. The maximum absolute atomic E-state index is 9.68. The third-order valence-electron chi connectivity index (χ3n) is 2.47. The Morgan fingerprint density at radius 1 is 1.00 bits per heavy atom. The van der Waals surface area contributed by atoms with Crippen LogP contribution in [0.4, 0.5) is 0 Å². The van der Waals surface area contributed by atoms with Crippen molar-refractivity contribution in [3.8, 4) is 0 Å². The first-order valence-electron chi connectivity index (χ1n) is 5.92. The highest BCUT2D eigenvalue weighted by Gasteiger charge is 2.14. The van der Waals surface area contributed by atoms with Crippen molar-refractivity contribution < 1.29 is 14.6 Å². The van der Waals surface area contributed by atoms with Gasteiger partial charge in [0.05, 0.1) is 12.2 Å². The molecule has 0 aromatic rings. The average molecular weight is 233 g/mol.